The van der Waals surface area contributed by atoms with Gasteiger partial charge in [-0.3, -0.25) is 0 Å². The minimum atomic E-state index is 0.555. The topological polar surface area (TPSA) is 17.8 Å². The summed E-state index contributed by atoms with van der Waals surface area (Å²) in [4.78, 5) is 4.41. The summed E-state index contributed by atoms with van der Waals surface area (Å²) in [5.41, 5.74) is 1.94. The average molecular weight is 229 g/mol. The highest BCUT2D eigenvalue weighted by Gasteiger charge is 2.08. The highest BCUT2D eigenvalue weighted by molar-refractivity contribution is 6.42. The van der Waals surface area contributed by atoms with E-state index < -0.39 is 0 Å². The molecule has 0 radical (unpaired) electrons. The van der Waals surface area contributed by atoms with Crippen LogP contribution < -0.4 is 0 Å². The van der Waals surface area contributed by atoms with E-state index in [0.717, 1.165) is 23.4 Å². The number of halogens is 2. The maximum Gasteiger partial charge on any atom is 0.106 e. The number of aromatic nitrogens is 2. The molecule has 1 heterocycles. The molecule has 1 aromatic heterocycles. The van der Waals surface area contributed by atoms with Crippen molar-refractivity contribution in [1.82, 2.24) is 9.55 Å². The van der Waals surface area contributed by atoms with Gasteiger partial charge in [0.05, 0.1) is 21.1 Å². The molecule has 2 aromatic rings. The minimum absolute atomic E-state index is 0.555. The van der Waals surface area contributed by atoms with Gasteiger partial charge in [0.2, 0.25) is 0 Å². The standard InChI is InChI=1S/C10H10Cl2N2/c1-3-14-6(2)13-9-4-7(11)8(12)5-10(9)14/h4-5H,3H2,1-2H3. The lowest BCUT2D eigenvalue weighted by Crippen LogP contribution is -1.96. The van der Waals surface area contributed by atoms with E-state index in [9.17, 15) is 0 Å². The van der Waals surface area contributed by atoms with Gasteiger partial charge in [0.1, 0.15) is 5.82 Å². The van der Waals surface area contributed by atoms with Crippen LogP contribution in [-0.4, -0.2) is 9.55 Å². The van der Waals surface area contributed by atoms with E-state index >= 15 is 0 Å². The number of hydrogen-bond donors (Lipinski definition) is 0. The van der Waals surface area contributed by atoms with E-state index in [1.54, 1.807) is 6.07 Å². The molecule has 74 valence electrons. The first-order chi connectivity index (χ1) is 6.63. The summed E-state index contributed by atoms with van der Waals surface area (Å²) < 4.78 is 2.11. The first-order valence-electron chi connectivity index (χ1n) is 4.45. The first-order valence-corrected chi connectivity index (χ1v) is 5.21. The van der Waals surface area contributed by atoms with Gasteiger partial charge in [0.15, 0.2) is 0 Å². The fourth-order valence-corrected chi connectivity index (χ4v) is 1.96. The molecule has 1 aromatic carbocycles. The molecule has 14 heavy (non-hydrogen) atoms. The zero-order valence-corrected chi connectivity index (χ0v) is 9.52. The van der Waals surface area contributed by atoms with Crippen LogP contribution in [0.15, 0.2) is 12.1 Å². The molecule has 0 aliphatic carbocycles. The van der Waals surface area contributed by atoms with Crippen molar-refractivity contribution in [1.29, 1.82) is 0 Å². The Kier molecular flexibility index (Phi) is 2.41. The Morgan fingerprint density at radius 1 is 1.29 bits per heavy atom. The van der Waals surface area contributed by atoms with Crippen molar-refractivity contribution < 1.29 is 0 Å². The van der Waals surface area contributed by atoms with Crippen LogP contribution in [0.1, 0.15) is 12.7 Å². The van der Waals surface area contributed by atoms with Gasteiger partial charge in [-0.25, -0.2) is 4.98 Å². The quantitative estimate of drug-likeness (QED) is 0.729. The van der Waals surface area contributed by atoms with E-state index in [1.807, 2.05) is 13.0 Å². The number of nitrogens with zero attached hydrogens (tertiary/aromatic N) is 2. The lowest BCUT2D eigenvalue weighted by Gasteiger charge is -2.02. The zero-order valence-electron chi connectivity index (χ0n) is 8.01. The summed E-state index contributed by atoms with van der Waals surface area (Å²) in [6.07, 6.45) is 0. The molecular weight excluding hydrogens is 219 g/mol. The number of hydrogen-bond acceptors (Lipinski definition) is 1. The second kappa shape index (κ2) is 3.44. The molecule has 2 nitrogen and oxygen atoms in total. The minimum Gasteiger partial charge on any atom is -0.328 e. The molecular formula is C10H10Cl2N2. The van der Waals surface area contributed by atoms with Crippen molar-refractivity contribution >= 4 is 34.2 Å². The molecule has 0 bridgehead atoms. The van der Waals surface area contributed by atoms with Crippen LogP contribution in [-0.2, 0) is 6.54 Å². The lowest BCUT2D eigenvalue weighted by molar-refractivity contribution is 0.753. The van der Waals surface area contributed by atoms with Crippen molar-refractivity contribution in [3.05, 3.63) is 28.0 Å². The van der Waals surface area contributed by atoms with Crippen molar-refractivity contribution in [2.75, 3.05) is 0 Å². The van der Waals surface area contributed by atoms with Gasteiger partial charge in [-0.15, -0.1) is 0 Å². The predicted octanol–water partition coefficient (Wildman–Crippen LogP) is 3.67. The van der Waals surface area contributed by atoms with Gasteiger partial charge in [-0.05, 0) is 26.0 Å². The monoisotopic (exact) mass is 228 g/mol. The van der Waals surface area contributed by atoms with E-state index in [2.05, 4.69) is 16.5 Å². The van der Waals surface area contributed by atoms with Crippen molar-refractivity contribution in [2.45, 2.75) is 20.4 Å². The summed E-state index contributed by atoms with van der Waals surface area (Å²) >= 11 is 11.9. The molecule has 0 spiro atoms. The van der Waals surface area contributed by atoms with Gasteiger partial charge >= 0.3 is 0 Å². The Balaban J connectivity index is 2.82. The zero-order chi connectivity index (χ0) is 10.3. The number of rotatable bonds is 1. The van der Waals surface area contributed by atoms with Crippen LogP contribution in [0.25, 0.3) is 11.0 Å². The molecule has 4 heteroatoms. The maximum absolute atomic E-state index is 5.95. The van der Waals surface area contributed by atoms with Gasteiger partial charge < -0.3 is 4.57 Å². The third-order valence-electron chi connectivity index (χ3n) is 2.30. The van der Waals surface area contributed by atoms with Crippen LogP contribution in [0.3, 0.4) is 0 Å². The molecule has 0 aliphatic heterocycles. The molecule has 0 unspecified atom stereocenters. The number of benzene rings is 1. The Hall–Kier alpha value is -0.730. The Morgan fingerprint density at radius 2 is 1.93 bits per heavy atom. The maximum atomic E-state index is 5.95. The Bertz CT molecular complexity index is 488. The van der Waals surface area contributed by atoms with Crippen LogP contribution in [0.5, 0.6) is 0 Å². The van der Waals surface area contributed by atoms with Crippen LogP contribution >= 0.6 is 23.2 Å². The third kappa shape index (κ3) is 1.39. The lowest BCUT2D eigenvalue weighted by atomic mass is 10.3. The molecule has 0 saturated carbocycles. The number of aryl methyl sites for hydroxylation is 2. The van der Waals surface area contributed by atoms with E-state index in [0.29, 0.717) is 10.0 Å². The van der Waals surface area contributed by atoms with Gasteiger partial charge in [0.25, 0.3) is 0 Å². The fraction of sp³-hybridized carbons (Fsp3) is 0.300. The molecule has 0 aliphatic rings. The normalized spacial score (nSPS) is 11.1. The van der Waals surface area contributed by atoms with E-state index in [-0.39, 0.29) is 0 Å². The average Bonchev–Trinajstić information content (AvgIpc) is 2.42. The van der Waals surface area contributed by atoms with Gasteiger partial charge in [-0.2, -0.15) is 0 Å². The van der Waals surface area contributed by atoms with E-state index in [4.69, 9.17) is 23.2 Å². The molecule has 0 saturated heterocycles. The number of fused-ring (bicyclic) bond motifs is 1. The van der Waals surface area contributed by atoms with Gasteiger partial charge in [0, 0.05) is 6.54 Å². The molecule has 2 rings (SSSR count). The smallest absolute Gasteiger partial charge is 0.106 e. The van der Waals surface area contributed by atoms with Crippen molar-refractivity contribution in [2.24, 2.45) is 0 Å². The molecule has 0 atom stereocenters. The Morgan fingerprint density at radius 3 is 2.57 bits per heavy atom. The third-order valence-corrected chi connectivity index (χ3v) is 3.02. The van der Waals surface area contributed by atoms with Gasteiger partial charge in [-0.1, -0.05) is 23.2 Å². The van der Waals surface area contributed by atoms with Crippen molar-refractivity contribution in [3.63, 3.8) is 0 Å². The predicted molar refractivity (Wildman–Crippen MR) is 60.2 cm³/mol. The fourth-order valence-electron chi connectivity index (χ4n) is 1.64. The number of imidazole rings is 1. The second-order valence-corrected chi connectivity index (χ2v) is 3.97. The molecule has 0 N–H and O–H groups in total. The summed E-state index contributed by atoms with van der Waals surface area (Å²) in [7, 11) is 0. The largest absolute Gasteiger partial charge is 0.328 e. The highest BCUT2D eigenvalue weighted by atomic mass is 35.5. The van der Waals surface area contributed by atoms with Crippen LogP contribution in [0.4, 0.5) is 0 Å². The highest BCUT2D eigenvalue weighted by Crippen LogP contribution is 2.28. The summed E-state index contributed by atoms with van der Waals surface area (Å²) in [5.74, 6) is 0.987. The second-order valence-electron chi connectivity index (χ2n) is 3.16. The molecule has 0 fully saturated rings. The first kappa shape index (κ1) is 9.81. The SMILES string of the molecule is CCn1c(C)nc2cc(Cl)c(Cl)cc21. The van der Waals surface area contributed by atoms with Crippen LogP contribution in [0.2, 0.25) is 10.0 Å². The summed E-state index contributed by atoms with van der Waals surface area (Å²) in [5, 5.41) is 1.13. The van der Waals surface area contributed by atoms with Crippen molar-refractivity contribution in [3.8, 4) is 0 Å². The summed E-state index contributed by atoms with van der Waals surface area (Å²) in [6, 6.07) is 3.67. The Labute approximate surface area is 92.5 Å². The van der Waals surface area contributed by atoms with E-state index in [1.165, 1.54) is 0 Å². The van der Waals surface area contributed by atoms with Crippen LogP contribution in [0, 0.1) is 6.92 Å². The summed E-state index contributed by atoms with van der Waals surface area (Å²) in [6.45, 7) is 4.95. The molecule has 0 amide bonds.